The average molecular weight is 296 g/mol. The number of carbonyl (C=O) groups is 2. The van der Waals surface area contributed by atoms with E-state index in [0.717, 1.165) is 17.7 Å². The molecule has 1 aliphatic rings. The summed E-state index contributed by atoms with van der Waals surface area (Å²) in [4.78, 5) is 26.2. The molecule has 0 radical (unpaired) electrons. The number of aliphatic carboxylic acids is 1. The van der Waals surface area contributed by atoms with Crippen LogP contribution in [0.2, 0.25) is 0 Å². The van der Waals surface area contributed by atoms with Crippen LogP contribution in [0.4, 0.5) is 4.79 Å². The highest BCUT2D eigenvalue weighted by Crippen LogP contribution is 2.38. The smallest absolute Gasteiger partial charge is 0.317 e. The zero-order valence-electron chi connectivity index (χ0n) is 11.8. The molecule has 2 N–H and O–H groups in total. The van der Waals surface area contributed by atoms with Crippen LogP contribution < -0.4 is 5.32 Å². The van der Waals surface area contributed by atoms with Gasteiger partial charge >= 0.3 is 12.0 Å². The van der Waals surface area contributed by atoms with Gasteiger partial charge in [0.2, 0.25) is 0 Å². The summed E-state index contributed by atoms with van der Waals surface area (Å²) in [7, 11) is 1.72. The first kappa shape index (κ1) is 14.8. The fourth-order valence-electron chi connectivity index (χ4n) is 2.62. The predicted molar refractivity (Wildman–Crippen MR) is 77.7 cm³/mol. The van der Waals surface area contributed by atoms with Gasteiger partial charge in [-0.1, -0.05) is 12.5 Å². The van der Waals surface area contributed by atoms with Crippen molar-refractivity contribution in [1.29, 1.82) is 0 Å². The Morgan fingerprint density at radius 2 is 2.35 bits per heavy atom. The summed E-state index contributed by atoms with van der Waals surface area (Å²) in [6.45, 7) is 2.26. The van der Waals surface area contributed by atoms with E-state index in [9.17, 15) is 14.7 Å². The van der Waals surface area contributed by atoms with E-state index < -0.39 is 11.4 Å². The van der Waals surface area contributed by atoms with Crippen LogP contribution in [0, 0.1) is 5.41 Å². The number of carbonyl (C=O) groups excluding carboxylic acids is 1. The minimum absolute atomic E-state index is 0.210. The highest BCUT2D eigenvalue weighted by atomic mass is 32.1. The molecule has 1 aromatic rings. The Bertz CT molecular complexity index is 489. The fourth-order valence-corrected chi connectivity index (χ4v) is 3.38. The molecular formula is C14H20N2O3S. The summed E-state index contributed by atoms with van der Waals surface area (Å²) in [5, 5.41) is 14.2. The molecule has 20 heavy (non-hydrogen) atoms. The van der Waals surface area contributed by atoms with Gasteiger partial charge < -0.3 is 15.3 Å². The number of nitrogens with zero attached hydrogens (tertiary/aromatic N) is 1. The van der Waals surface area contributed by atoms with Crippen LogP contribution in [-0.4, -0.2) is 35.1 Å². The number of amides is 2. The Morgan fingerprint density at radius 3 is 2.95 bits per heavy atom. The zero-order chi connectivity index (χ0) is 14.8. The van der Waals surface area contributed by atoms with Crippen LogP contribution in [0.5, 0.6) is 0 Å². The second kappa shape index (κ2) is 5.83. The molecule has 2 amide bonds. The second-order valence-electron chi connectivity index (χ2n) is 5.55. The highest BCUT2D eigenvalue weighted by molar-refractivity contribution is 7.09. The van der Waals surface area contributed by atoms with Crippen molar-refractivity contribution in [2.24, 2.45) is 5.41 Å². The van der Waals surface area contributed by atoms with Crippen molar-refractivity contribution in [1.82, 2.24) is 10.2 Å². The standard InChI is InChI=1S/C14H20N2O3S/c1-14(12(17)18)7-3-6-11(14)15-13(19)16(2)9-10-5-4-8-20-10/h4-5,8,11H,3,6-7,9H2,1-2H3,(H,15,19)(H,17,18). The first-order chi connectivity index (χ1) is 9.43. The molecule has 2 atom stereocenters. The van der Waals surface area contributed by atoms with Crippen LogP contribution in [0.15, 0.2) is 17.5 Å². The number of thiophene rings is 1. The zero-order valence-corrected chi connectivity index (χ0v) is 12.6. The van der Waals surface area contributed by atoms with Gasteiger partial charge in [-0.2, -0.15) is 0 Å². The topological polar surface area (TPSA) is 69.6 Å². The summed E-state index contributed by atoms with van der Waals surface area (Å²) in [5.41, 5.74) is -0.848. The van der Waals surface area contributed by atoms with E-state index in [1.165, 1.54) is 0 Å². The van der Waals surface area contributed by atoms with Crippen LogP contribution >= 0.6 is 11.3 Å². The van der Waals surface area contributed by atoms with E-state index in [1.807, 2.05) is 17.5 Å². The van der Waals surface area contributed by atoms with E-state index in [0.29, 0.717) is 13.0 Å². The third kappa shape index (κ3) is 2.95. The Balaban J connectivity index is 1.95. The molecule has 0 spiro atoms. The molecule has 2 unspecified atom stereocenters. The Morgan fingerprint density at radius 1 is 1.60 bits per heavy atom. The van der Waals surface area contributed by atoms with Crippen molar-refractivity contribution in [2.75, 3.05) is 7.05 Å². The molecule has 0 aromatic carbocycles. The van der Waals surface area contributed by atoms with Crippen molar-refractivity contribution < 1.29 is 14.7 Å². The van der Waals surface area contributed by atoms with Crippen molar-refractivity contribution >= 4 is 23.3 Å². The van der Waals surface area contributed by atoms with Crippen molar-refractivity contribution in [3.63, 3.8) is 0 Å². The number of carboxylic acids is 1. The number of nitrogens with one attached hydrogen (secondary N) is 1. The lowest BCUT2D eigenvalue weighted by Gasteiger charge is -2.29. The molecule has 110 valence electrons. The summed E-state index contributed by atoms with van der Waals surface area (Å²) in [5.74, 6) is -0.832. The Hall–Kier alpha value is -1.56. The molecule has 2 rings (SSSR count). The molecule has 0 saturated heterocycles. The Labute approximate surface area is 122 Å². The largest absolute Gasteiger partial charge is 0.481 e. The van der Waals surface area contributed by atoms with Gasteiger partial charge in [0.1, 0.15) is 0 Å². The first-order valence-electron chi connectivity index (χ1n) is 6.71. The van der Waals surface area contributed by atoms with Gasteiger partial charge in [-0.25, -0.2) is 4.79 Å². The van der Waals surface area contributed by atoms with Crippen molar-refractivity contribution in [2.45, 2.75) is 38.8 Å². The molecule has 1 heterocycles. The lowest BCUT2D eigenvalue weighted by atomic mass is 9.85. The minimum atomic E-state index is -0.848. The van der Waals surface area contributed by atoms with Gasteiger partial charge in [0.25, 0.3) is 0 Å². The monoisotopic (exact) mass is 296 g/mol. The first-order valence-corrected chi connectivity index (χ1v) is 7.59. The lowest BCUT2D eigenvalue weighted by Crippen LogP contribution is -2.50. The van der Waals surface area contributed by atoms with Crippen LogP contribution in [0.1, 0.15) is 31.1 Å². The Kier molecular flexibility index (Phi) is 4.32. The van der Waals surface area contributed by atoms with Crippen LogP contribution in [-0.2, 0) is 11.3 Å². The average Bonchev–Trinajstić information content (AvgIpc) is 3.01. The molecule has 1 aliphatic carbocycles. The highest BCUT2D eigenvalue weighted by Gasteiger charge is 2.46. The maximum atomic E-state index is 12.2. The van der Waals surface area contributed by atoms with Gasteiger partial charge in [-0.05, 0) is 31.2 Å². The van der Waals surface area contributed by atoms with E-state index in [4.69, 9.17) is 0 Å². The molecule has 0 aliphatic heterocycles. The summed E-state index contributed by atoms with van der Waals surface area (Å²) in [6.07, 6.45) is 2.17. The molecule has 6 heteroatoms. The van der Waals surface area contributed by atoms with Gasteiger partial charge in [0.15, 0.2) is 0 Å². The lowest BCUT2D eigenvalue weighted by molar-refractivity contribution is -0.148. The van der Waals surface area contributed by atoms with Gasteiger partial charge in [0.05, 0.1) is 12.0 Å². The number of rotatable bonds is 4. The molecule has 1 saturated carbocycles. The number of hydrogen-bond donors (Lipinski definition) is 2. The van der Waals surface area contributed by atoms with Gasteiger partial charge in [0, 0.05) is 18.0 Å². The minimum Gasteiger partial charge on any atom is -0.481 e. The van der Waals surface area contributed by atoms with Gasteiger partial charge in [-0.15, -0.1) is 11.3 Å². The third-order valence-corrected chi connectivity index (χ3v) is 4.93. The molecule has 5 nitrogen and oxygen atoms in total. The maximum absolute atomic E-state index is 12.2. The normalized spacial score (nSPS) is 25.4. The van der Waals surface area contributed by atoms with E-state index >= 15 is 0 Å². The van der Waals surface area contributed by atoms with Crippen molar-refractivity contribution in [3.8, 4) is 0 Å². The molecule has 1 aromatic heterocycles. The predicted octanol–water partition coefficient (Wildman–Crippen LogP) is 2.53. The number of carboxylic acid groups (broad SMARTS) is 1. The molecular weight excluding hydrogens is 276 g/mol. The molecule has 0 bridgehead atoms. The number of hydrogen-bond acceptors (Lipinski definition) is 3. The van der Waals surface area contributed by atoms with Crippen LogP contribution in [0.3, 0.4) is 0 Å². The molecule has 1 fully saturated rings. The van der Waals surface area contributed by atoms with E-state index in [2.05, 4.69) is 5.32 Å². The summed E-state index contributed by atoms with van der Waals surface area (Å²) in [6, 6.07) is 3.42. The third-order valence-electron chi connectivity index (χ3n) is 4.06. The fraction of sp³-hybridized carbons (Fsp3) is 0.571. The van der Waals surface area contributed by atoms with E-state index in [-0.39, 0.29) is 12.1 Å². The van der Waals surface area contributed by atoms with Gasteiger partial charge in [-0.3, -0.25) is 4.79 Å². The quantitative estimate of drug-likeness (QED) is 0.897. The van der Waals surface area contributed by atoms with Crippen LogP contribution in [0.25, 0.3) is 0 Å². The van der Waals surface area contributed by atoms with Crippen molar-refractivity contribution in [3.05, 3.63) is 22.4 Å². The van der Waals surface area contributed by atoms with E-state index in [1.54, 1.807) is 30.2 Å². The SMILES string of the molecule is CN(Cc1cccs1)C(=O)NC1CCCC1(C)C(=O)O. The summed E-state index contributed by atoms with van der Waals surface area (Å²) >= 11 is 1.60. The number of urea groups is 1. The maximum Gasteiger partial charge on any atom is 0.317 e. The second-order valence-corrected chi connectivity index (χ2v) is 6.58. The summed E-state index contributed by atoms with van der Waals surface area (Å²) < 4.78 is 0.